The first-order valence-electron chi connectivity index (χ1n) is 6.50. The van der Waals surface area contributed by atoms with E-state index in [9.17, 15) is 4.79 Å². The molecule has 4 nitrogen and oxygen atoms in total. The molecule has 0 bridgehead atoms. The van der Waals surface area contributed by atoms with Crippen molar-refractivity contribution in [3.63, 3.8) is 0 Å². The Balaban J connectivity index is 1.87. The summed E-state index contributed by atoms with van der Waals surface area (Å²) >= 11 is 0. The lowest BCUT2D eigenvalue weighted by Crippen LogP contribution is -2.13. The lowest BCUT2D eigenvalue weighted by atomic mass is 10.1. The predicted molar refractivity (Wildman–Crippen MR) is 78.3 cm³/mol. The topological polar surface area (TPSA) is 75.3 Å². The van der Waals surface area contributed by atoms with Crippen molar-refractivity contribution in [1.82, 2.24) is 5.32 Å². The third kappa shape index (κ3) is 3.91. The normalized spacial score (nSPS) is 10.4. The summed E-state index contributed by atoms with van der Waals surface area (Å²) in [5, 5.41) is 12.2. The number of aromatic carboxylic acids is 1. The molecule has 0 atom stereocenters. The Morgan fingerprint density at radius 1 is 1.00 bits per heavy atom. The van der Waals surface area contributed by atoms with Crippen molar-refractivity contribution in [3.05, 3.63) is 70.8 Å². The second-order valence-corrected chi connectivity index (χ2v) is 4.63. The zero-order valence-corrected chi connectivity index (χ0v) is 11.2. The van der Waals surface area contributed by atoms with E-state index in [1.165, 1.54) is 5.56 Å². The highest BCUT2D eigenvalue weighted by Crippen LogP contribution is 2.06. The number of benzene rings is 2. The molecule has 20 heavy (non-hydrogen) atoms. The maximum atomic E-state index is 10.7. The van der Waals surface area contributed by atoms with Gasteiger partial charge < -0.3 is 16.2 Å². The summed E-state index contributed by atoms with van der Waals surface area (Å²) in [5.74, 6) is -0.900. The van der Waals surface area contributed by atoms with Gasteiger partial charge in [-0.3, -0.25) is 0 Å². The van der Waals surface area contributed by atoms with Gasteiger partial charge in [-0.2, -0.15) is 0 Å². The largest absolute Gasteiger partial charge is 0.478 e. The summed E-state index contributed by atoms with van der Waals surface area (Å²) in [6.07, 6.45) is 0. The van der Waals surface area contributed by atoms with Crippen LogP contribution < -0.4 is 11.1 Å². The molecule has 104 valence electrons. The van der Waals surface area contributed by atoms with Crippen molar-refractivity contribution in [2.75, 3.05) is 0 Å². The Hall–Kier alpha value is -2.17. The molecule has 0 aliphatic carbocycles. The Labute approximate surface area is 118 Å². The van der Waals surface area contributed by atoms with Crippen molar-refractivity contribution < 1.29 is 9.90 Å². The summed E-state index contributed by atoms with van der Waals surface area (Å²) < 4.78 is 0. The molecule has 0 spiro atoms. The van der Waals surface area contributed by atoms with Gasteiger partial charge in [-0.15, -0.1) is 0 Å². The monoisotopic (exact) mass is 270 g/mol. The van der Waals surface area contributed by atoms with E-state index < -0.39 is 5.97 Å². The number of nitrogens with one attached hydrogen (secondary N) is 1. The van der Waals surface area contributed by atoms with Crippen LogP contribution in [-0.4, -0.2) is 11.1 Å². The van der Waals surface area contributed by atoms with Gasteiger partial charge in [0.15, 0.2) is 0 Å². The average molecular weight is 270 g/mol. The van der Waals surface area contributed by atoms with Crippen LogP contribution in [0.3, 0.4) is 0 Å². The van der Waals surface area contributed by atoms with Gasteiger partial charge in [0.2, 0.25) is 0 Å². The van der Waals surface area contributed by atoms with Crippen LogP contribution >= 0.6 is 0 Å². The molecule has 2 aromatic carbocycles. The van der Waals surface area contributed by atoms with Crippen LogP contribution in [0.2, 0.25) is 0 Å². The van der Waals surface area contributed by atoms with Gasteiger partial charge in [0.1, 0.15) is 0 Å². The number of hydrogen-bond acceptors (Lipinski definition) is 3. The van der Waals surface area contributed by atoms with Crippen LogP contribution in [0.25, 0.3) is 0 Å². The average Bonchev–Trinajstić information content (AvgIpc) is 2.48. The lowest BCUT2D eigenvalue weighted by molar-refractivity contribution is 0.0697. The maximum absolute atomic E-state index is 10.7. The molecule has 0 fully saturated rings. The lowest BCUT2D eigenvalue weighted by Gasteiger charge is -2.07. The molecule has 0 amide bonds. The highest BCUT2D eigenvalue weighted by atomic mass is 16.4. The van der Waals surface area contributed by atoms with Gasteiger partial charge in [0.25, 0.3) is 0 Å². The Morgan fingerprint density at radius 3 is 2.30 bits per heavy atom. The van der Waals surface area contributed by atoms with E-state index >= 15 is 0 Å². The molecule has 0 radical (unpaired) electrons. The second-order valence-electron chi connectivity index (χ2n) is 4.63. The fourth-order valence-electron chi connectivity index (χ4n) is 1.98. The highest BCUT2D eigenvalue weighted by molar-refractivity contribution is 5.87. The molecule has 0 saturated carbocycles. The van der Waals surface area contributed by atoms with Crippen molar-refractivity contribution >= 4 is 5.97 Å². The SMILES string of the molecule is NCc1cccc(CNCc2ccc(C(=O)O)cc2)c1. The number of carbonyl (C=O) groups is 1. The number of hydrogen-bond donors (Lipinski definition) is 3. The Bertz CT molecular complexity index is 579. The van der Waals surface area contributed by atoms with E-state index in [0.29, 0.717) is 18.7 Å². The third-order valence-electron chi connectivity index (χ3n) is 3.09. The van der Waals surface area contributed by atoms with Crippen LogP contribution in [0.4, 0.5) is 0 Å². The van der Waals surface area contributed by atoms with E-state index in [-0.39, 0.29) is 0 Å². The zero-order chi connectivity index (χ0) is 14.4. The number of nitrogens with two attached hydrogens (primary N) is 1. The molecule has 2 aromatic rings. The zero-order valence-electron chi connectivity index (χ0n) is 11.2. The second kappa shape index (κ2) is 6.84. The number of carboxylic acids is 1. The molecule has 4 N–H and O–H groups in total. The minimum Gasteiger partial charge on any atom is -0.478 e. The molecule has 0 saturated heterocycles. The van der Waals surface area contributed by atoms with Crippen molar-refractivity contribution in [2.45, 2.75) is 19.6 Å². The Morgan fingerprint density at radius 2 is 1.65 bits per heavy atom. The van der Waals surface area contributed by atoms with E-state index in [2.05, 4.69) is 17.4 Å². The fraction of sp³-hybridized carbons (Fsp3) is 0.188. The highest BCUT2D eigenvalue weighted by Gasteiger charge is 2.01. The van der Waals surface area contributed by atoms with Crippen molar-refractivity contribution in [3.8, 4) is 0 Å². The number of carboxylic acid groups (broad SMARTS) is 1. The summed E-state index contributed by atoms with van der Waals surface area (Å²) in [4.78, 5) is 10.7. The van der Waals surface area contributed by atoms with E-state index in [4.69, 9.17) is 10.8 Å². The van der Waals surface area contributed by atoms with Gasteiger partial charge in [0, 0.05) is 19.6 Å². The minimum atomic E-state index is -0.900. The first-order valence-corrected chi connectivity index (χ1v) is 6.50. The smallest absolute Gasteiger partial charge is 0.335 e. The standard InChI is InChI=1S/C16H18N2O2/c17-9-13-2-1-3-14(8-13)11-18-10-12-4-6-15(7-5-12)16(19)20/h1-8,18H,9-11,17H2,(H,19,20). The van der Waals surface area contributed by atoms with Gasteiger partial charge in [0.05, 0.1) is 5.56 Å². The van der Waals surface area contributed by atoms with E-state index in [1.54, 1.807) is 12.1 Å². The van der Waals surface area contributed by atoms with Gasteiger partial charge in [-0.05, 0) is 28.8 Å². The van der Waals surface area contributed by atoms with E-state index in [1.807, 2.05) is 24.3 Å². The quantitative estimate of drug-likeness (QED) is 0.751. The third-order valence-corrected chi connectivity index (χ3v) is 3.09. The Kier molecular flexibility index (Phi) is 4.87. The predicted octanol–water partition coefficient (Wildman–Crippen LogP) is 2.13. The van der Waals surface area contributed by atoms with Crippen LogP contribution in [0.1, 0.15) is 27.0 Å². The maximum Gasteiger partial charge on any atom is 0.335 e. The molecule has 0 aromatic heterocycles. The molecular formula is C16H18N2O2. The first kappa shape index (κ1) is 14.2. The summed E-state index contributed by atoms with van der Waals surface area (Å²) in [7, 11) is 0. The molecular weight excluding hydrogens is 252 g/mol. The first-order chi connectivity index (χ1) is 9.69. The molecule has 0 heterocycles. The van der Waals surface area contributed by atoms with Crippen LogP contribution in [0.5, 0.6) is 0 Å². The van der Waals surface area contributed by atoms with Gasteiger partial charge >= 0.3 is 5.97 Å². The summed E-state index contributed by atoms with van der Waals surface area (Å²) in [6.45, 7) is 2.01. The fourth-order valence-corrected chi connectivity index (χ4v) is 1.98. The van der Waals surface area contributed by atoms with Crippen molar-refractivity contribution in [1.29, 1.82) is 0 Å². The molecule has 0 unspecified atom stereocenters. The summed E-state index contributed by atoms with van der Waals surface area (Å²) in [5.41, 5.74) is 9.29. The molecule has 2 rings (SSSR count). The van der Waals surface area contributed by atoms with E-state index in [0.717, 1.165) is 17.7 Å². The van der Waals surface area contributed by atoms with Gasteiger partial charge in [-0.1, -0.05) is 36.4 Å². The van der Waals surface area contributed by atoms with Crippen molar-refractivity contribution in [2.24, 2.45) is 5.73 Å². The minimum absolute atomic E-state index is 0.310. The molecule has 0 aliphatic rings. The molecule has 4 heteroatoms. The summed E-state index contributed by atoms with van der Waals surface area (Å²) in [6, 6.07) is 15.0. The van der Waals surface area contributed by atoms with Crippen LogP contribution in [0.15, 0.2) is 48.5 Å². The van der Waals surface area contributed by atoms with Crippen LogP contribution in [-0.2, 0) is 19.6 Å². The number of rotatable bonds is 6. The molecule has 0 aliphatic heterocycles. The van der Waals surface area contributed by atoms with Crippen LogP contribution in [0, 0.1) is 0 Å². The van der Waals surface area contributed by atoms with Gasteiger partial charge in [-0.25, -0.2) is 4.79 Å².